The van der Waals surface area contributed by atoms with E-state index in [-0.39, 0.29) is 11.7 Å². The molecule has 0 fully saturated rings. The number of ether oxygens (including phenoxy) is 1. The van der Waals surface area contributed by atoms with Crippen molar-refractivity contribution in [3.63, 3.8) is 0 Å². The molecule has 0 aliphatic heterocycles. The van der Waals surface area contributed by atoms with E-state index < -0.39 is 0 Å². The summed E-state index contributed by atoms with van der Waals surface area (Å²) in [4.78, 5) is 0. The molecule has 86 valence electrons. The van der Waals surface area contributed by atoms with Crippen molar-refractivity contribution >= 4 is 0 Å². The second-order valence-corrected chi connectivity index (χ2v) is 3.71. The van der Waals surface area contributed by atoms with Crippen LogP contribution in [0.1, 0.15) is 38.2 Å². The third-order valence-corrected chi connectivity index (χ3v) is 2.49. The van der Waals surface area contributed by atoms with E-state index in [1.165, 1.54) is 12.1 Å². The van der Waals surface area contributed by atoms with E-state index in [1.54, 1.807) is 6.07 Å². The normalized spacial score (nSPS) is 11.9. The lowest BCUT2D eigenvalue weighted by molar-refractivity contribution is 0.333. The van der Waals surface area contributed by atoms with Crippen LogP contribution < -0.4 is 4.74 Å². The smallest absolute Gasteiger partial charge is 0.123 e. The summed E-state index contributed by atoms with van der Waals surface area (Å²) in [7, 11) is 0. The predicted molar refractivity (Wildman–Crippen MR) is 60.8 cm³/mol. The average molecular weight is 221 g/mol. The molecular formula is C13H16FNO. The van der Waals surface area contributed by atoms with Gasteiger partial charge < -0.3 is 4.74 Å². The van der Waals surface area contributed by atoms with Gasteiger partial charge in [0.15, 0.2) is 0 Å². The van der Waals surface area contributed by atoms with Gasteiger partial charge in [0, 0.05) is 6.42 Å². The first-order chi connectivity index (χ1) is 7.69. The first-order valence-corrected chi connectivity index (χ1v) is 5.48. The van der Waals surface area contributed by atoms with Gasteiger partial charge in [-0.2, -0.15) is 5.26 Å². The third kappa shape index (κ3) is 3.23. The molecule has 0 radical (unpaired) electrons. The van der Waals surface area contributed by atoms with Crippen molar-refractivity contribution in [1.29, 1.82) is 5.26 Å². The fourth-order valence-corrected chi connectivity index (χ4v) is 1.63. The number of nitriles is 1. The number of rotatable bonds is 5. The van der Waals surface area contributed by atoms with Crippen molar-refractivity contribution in [2.75, 3.05) is 6.61 Å². The minimum Gasteiger partial charge on any atom is -0.494 e. The van der Waals surface area contributed by atoms with E-state index in [2.05, 4.69) is 6.07 Å². The average Bonchev–Trinajstić information content (AvgIpc) is 2.28. The molecule has 1 aromatic carbocycles. The Kier molecular flexibility index (Phi) is 4.78. The van der Waals surface area contributed by atoms with Gasteiger partial charge in [0.2, 0.25) is 0 Å². The number of hydrogen-bond donors (Lipinski definition) is 0. The Bertz CT molecular complexity index is 384. The summed E-state index contributed by atoms with van der Waals surface area (Å²) in [6.45, 7) is 4.44. The van der Waals surface area contributed by atoms with Gasteiger partial charge in [-0.3, -0.25) is 0 Å². The van der Waals surface area contributed by atoms with Crippen LogP contribution in [-0.4, -0.2) is 6.61 Å². The standard InChI is InChI=1S/C13H16FNO/c1-3-16-13-7-6-11(14)9-12(13)10(2)5-4-8-15/h6-7,9-10H,3-5H2,1-2H3. The zero-order valence-electron chi connectivity index (χ0n) is 9.66. The highest BCUT2D eigenvalue weighted by molar-refractivity contribution is 5.36. The van der Waals surface area contributed by atoms with Crippen molar-refractivity contribution in [3.05, 3.63) is 29.6 Å². The molecule has 0 spiro atoms. The van der Waals surface area contributed by atoms with Crippen molar-refractivity contribution in [1.82, 2.24) is 0 Å². The quantitative estimate of drug-likeness (QED) is 0.760. The van der Waals surface area contributed by atoms with Crippen molar-refractivity contribution < 1.29 is 9.13 Å². The summed E-state index contributed by atoms with van der Waals surface area (Å²) in [6, 6.07) is 6.64. The van der Waals surface area contributed by atoms with Gasteiger partial charge in [-0.25, -0.2) is 4.39 Å². The highest BCUT2D eigenvalue weighted by Gasteiger charge is 2.12. The summed E-state index contributed by atoms with van der Waals surface area (Å²) in [5, 5.41) is 8.53. The first kappa shape index (κ1) is 12.5. The van der Waals surface area contributed by atoms with E-state index in [1.807, 2.05) is 13.8 Å². The van der Waals surface area contributed by atoms with E-state index in [9.17, 15) is 4.39 Å². The molecule has 2 nitrogen and oxygen atoms in total. The van der Waals surface area contributed by atoms with Crippen LogP contribution in [0.4, 0.5) is 4.39 Å². The lowest BCUT2D eigenvalue weighted by atomic mass is 9.95. The van der Waals surface area contributed by atoms with Crippen LogP contribution in [-0.2, 0) is 0 Å². The monoisotopic (exact) mass is 221 g/mol. The van der Waals surface area contributed by atoms with Crippen LogP contribution in [0.3, 0.4) is 0 Å². The van der Waals surface area contributed by atoms with Crippen LogP contribution in [0.15, 0.2) is 18.2 Å². The highest BCUT2D eigenvalue weighted by atomic mass is 19.1. The van der Waals surface area contributed by atoms with Crippen LogP contribution in [0, 0.1) is 17.1 Å². The Labute approximate surface area is 95.7 Å². The minimum atomic E-state index is -0.262. The molecule has 1 unspecified atom stereocenters. The van der Waals surface area contributed by atoms with Gasteiger partial charge in [-0.05, 0) is 43.0 Å². The van der Waals surface area contributed by atoms with Gasteiger partial charge in [0.05, 0.1) is 12.7 Å². The Balaban J connectivity index is 2.90. The molecule has 0 bridgehead atoms. The Morgan fingerprint density at radius 2 is 2.25 bits per heavy atom. The van der Waals surface area contributed by atoms with Gasteiger partial charge >= 0.3 is 0 Å². The zero-order chi connectivity index (χ0) is 12.0. The van der Waals surface area contributed by atoms with Gasteiger partial charge in [0.1, 0.15) is 11.6 Å². The predicted octanol–water partition coefficient (Wildman–Crippen LogP) is 3.63. The molecule has 0 saturated carbocycles. The summed E-state index contributed by atoms with van der Waals surface area (Å²) in [6.07, 6.45) is 1.20. The first-order valence-electron chi connectivity index (χ1n) is 5.48. The summed E-state index contributed by atoms with van der Waals surface area (Å²) in [5.74, 6) is 0.591. The topological polar surface area (TPSA) is 33.0 Å². The summed E-state index contributed by atoms with van der Waals surface area (Å²) < 4.78 is 18.6. The molecule has 1 aromatic rings. The van der Waals surface area contributed by atoms with Crippen molar-refractivity contribution in [3.8, 4) is 11.8 Å². The van der Waals surface area contributed by atoms with Crippen LogP contribution in [0.25, 0.3) is 0 Å². The summed E-state index contributed by atoms with van der Waals surface area (Å²) >= 11 is 0. The lowest BCUT2D eigenvalue weighted by Crippen LogP contribution is -2.01. The molecular weight excluding hydrogens is 205 g/mol. The molecule has 0 aromatic heterocycles. The Hall–Kier alpha value is -1.56. The largest absolute Gasteiger partial charge is 0.494 e. The molecule has 0 aliphatic carbocycles. The minimum absolute atomic E-state index is 0.136. The number of nitrogens with zero attached hydrogens (tertiary/aromatic N) is 1. The molecule has 0 N–H and O–H groups in total. The third-order valence-electron chi connectivity index (χ3n) is 2.49. The second-order valence-electron chi connectivity index (χ2n) is 3.71. The molecule has 16 heavy (non-hydrogen) atoms. The molecule has 0 heterocycles. The lowest BCUT2D eigenvalue weighted by Gasteiger charge is -2.15. The number of benzene rings is 1. The van der Waals surface area contributed by atoms with Gasteiger partial charge in [-0.1, -0.05) is 6.92 Å². The molecule has 1 atom stereocenters. The van der Waals surface area contributed by atoms with E-state index in [0.717, 1.165) is 12.0 Å². The maximum Gasteiger partial charge on any atom is 0.123 e. The van der Waals surface area contributed by atoms with Crippen molar-refractivity contribution in [2.24, 2.45) is 0 Å². The molecule has 0 amide bonds. The zero-order valence-corrected chi connectivity index (χ0v) is 9.66. The van der Waals surface area contributed by atoms with Crippen molar-refractivity contribution in [2.45, 2.75) is 32.6 Å². The Morgan fingerprint density at radius 3 is 2.88 bits per heavy atom. The fourth-order valence-electron chi connectivity index (χ4n) is 1.63. The van der Waals surface area contributed by atoms with Gasteiger partial charge in [-0.15, -0.1) is 0 Å². The van der Waals surface area contributed by atoms with Gasteiger partial charge in [0.25, 0.3) is 0 Å². The molecule has 0 saturated heterocycles. The van der Waals surface area contributed by atoms with E-state index in [4.69, 9.17) is 10.00 Å². The highest BCUT2D eigenvalue weighted by Crippen LogP contribution is 2.30. The van der Waals surface area contributed by atoms with Crippen LogP contribution in [0.5, 0.6) is 5.75 Å². The van der Waals surface area contributed by atoms with E-state index in [0.29, 0.717) is 18.8 Å². The summed E-state index contributed by atoms with van der Waals surface area (Å²) in [5.41, 5.74) is 0.845. The SMILES string of the molecule is CCOc1ccc(F)cc1C(C)CCC#N. The van der Waals surface area contributed by atoms with Crippen LogP contribution >= 0.6 is 0 Å². The maximum absolute atomic E-state index is 13.1. The van der Waals surface area contributed by atoms with Crippen LogP contribution in [0.2, 0.25) is 0 Å². The maximum atomic E-state index is 13.1. The fraction of sp³-hybridized carbons (Fsp3) is 0.462. The number of halogens is 1. The Morgan fingerprint density at radius 1 is 1.50 bits per heavy atom. The second kappa shape index (κ2) is 6.12. The van der Waals surface area contributed by atoms with E-state index >= 15 is 0 Å². The molecule has 0 aliphatic rings. The molecule has 3 heteroatoms. The number of hydrogen-bond acceptors (Lipinski definition) is 2. The molecule has 1 rings (SSSR count).